The van der Waals surface area contributed by atoms with Gasteiger partial charge in [0.25, 0.3) is 5.91 Å². The van der Waals surface area contributed by atoms with Gasteiger partial charge >= 0.3 is 5.97 Å². The molecule has 1 amide bonds. The summed E-state index contributed by atoms with van der Waals surface area (Å²) in [5.74, 6) is -1.02. The fraction of sp³-hybridized carbons (Fsp3) is 0.105. The molecule has 0 spiro atoms. The van der Waals surface area contributed by atoms with E-state index in [9.17, 15) is 9.59 Å². The van der Waals surface area contributed by atoms with E-state index in [1.165, 1.54) is 0 Å². The minimum Gasteiger partial charge on any atom is -0.463 e. The minimum atomic E-state index is -0.644. The number of carbonyl (C=O) groups is 2. The monoisotopic (exact) mass is 404 g/mol. The first-order valence-corrected chi connectivity index (χ1v) is 8.74. The smallest absolute Gasteiger partial charge is 0.336 e. The van der Waals surface area contributed by atoms with Gasteiger partial charge in [-0.1, -0.05) is 23.2 Å². The third-order valence-electron chi connectivity index (χ3n) is 3.50. The van der Waals surface area contributed by atoms with Crippen molar-refractivity contribution in [3.63, 3.8) is 0 Å². The summed E-state index contributed by atoms with van der Waals surface area (Å²) >= 11 is 11.8. The van der Waals surface area contributed by atoms with E-state index in [4.69, 9.17) is 32.7 Å². The zero-order valence-corrected chi connectivity index (χ0v) is 15.7. The van der Waals surface area contributed by atoms with Gasteiger partial charge in [-0.3, -0.25) is 4.79 Å². The molecule has 0 N–H and O–H groups in total. The number of hydrogen-bond acceptors (Lipinski definition) is 5. The van der Waals surface area contributed by atoms with Crippen molar-refractivity contribution in [1.82, 2.24) is 5.01 Å². The number of halogens is 2. The molecule has 0 fully saturated rings. The molecule has 1 heterocycles. The second-order valence-electron chi connectivity index (χ2n) is 5.37. The summed E-state index contributed by atoms with van der Waals surface area (Å²) in [4.78, 5) is 24.7. The van der Waals surface area contributed by atoms with Gasteiger partial charge in [0.1, 0.15) is 0 Å². The highest BCUT2D eigenvalue weighted by Crippen LogP contribution is 2.24. The van der Waals surface area contributed by atoms with Crippen LogP contribution in [0, 0.1) is 0 Å². The van der Waals surface area contributed by atoms with Crippen molar-refractivity contribution in [2.24, 2.45) is 5.10 Å². The molecular weight excluding hydrogens is 391 g/mol. The zero-order chi connectivity index (χ0) is 19.4. The Hall–Kier alpha value is -2.83. The van der Waals surface area contributed by atoms with Crippen molar-refractivity contribution in [3.05, 3.63) is 81.7 Å². The quantitative estimate of drug-likeness (QED) is 0.564. The molecular formula is C19H14Cl2N2O4. The summed E-state index contributed by atoms with van der Waals surface area (Å²) in [6, 6.07) is 13.0. The van der Waals surface area contributed by atoms with Gasteiger partial charge in [-0.25, -0.2) is 4.79 Å². The lowest BCUT2D eigenvalue weighted by atomic mass is 10.2. The Kier molecular flexibility index (Phi) is 5.78. The number of benzene rings is 2. The highest BCUT2D eigenvalue weighted by molar-refractivity contribution is 6.31. The van der Waals surface area contributed by atoms with Crippen LogP contribution in [0.2, 0.25) is 10.0 Å². The normalized spacial score (nSPS) is 14.7. The summed E-state index contributed by atoms with van der Waals surface area (Å²) in [6.07, 6.45) is 1.07. The molecule has 6 nitrogen and oxygen atoms in total. The molecule has 0 bridgehead atoms. The van der Waals surface area contributed by atoms with Gasteiger partial charge in [0.2, 0.25) is 11.8 Å². The zero-order valence-electron chi connectivity index (χ0n) is 14.2. The van der Waals surface area contributed by atoms with Gasteiger partial charge < -0.3 is 9.47 Å². The Balaban J connectivity index is 1.96. The maximum atomic E-state index is 12.8. The third kappa shape index (κ3) is 4.48. The minimum absolute atomic E-state index is 0.0571. The van der Waals surface area contributed by atoms with E-state index in [2.05, 4.69) is 5.10 Å². The molecule has 2 aromatic rings. The van der Waals surface area contributed by atoms with Gasteiger partial charge in [0, 0.05) is 21.2 Å². The number of carbonyl (C=O) groups excluding carboxylic acids is 2. The molecule has 0 atom stereocenters. The Labute approximate surface area is 165 Å². The number of esters is 1. The summed E-state index contributed by atoms with van der Waals surface area (Å²) in [7, 11) is 0. The van der Waals surface area contributed by atoms with E-state index in [1.54, 1.807) is 55.5 Å². The fourth-order valence-corrected chi connectivity index (χ4v) is 2.50. The Morgan fingerprint density at radius 1 is 1.07 bits per heavy atom. The molecule has 2 aromatic carbocycles. The Bertz CT molecular complexity index is 922. The highest BCUT2D eigenvalue weighted by Gasteiger charge is 2.30. The van der Waals surface area contributed by atoms with Crippen LogP contribution >= 0.6 is 23.2 Å². The topological polar surface area (TPSA) is 68.2 Å². The summed E-state index contributed by atoms with van der Waals surface area (Å²) in [5, 5.41) is 6.26. The Morgan fingerprint density at radius 3 is 2.26 bits per heavy atom. The highest BCUT2D eigenvalue weighted by atomic mass is 35.5. The average molecular weight is 405 g/mol. The van der Waals surface area contributed by atoms with Crippen LogP contribution in [0.3, 0.4) is 0 Å². The van der Waals surface area contributed by atoms with Gasteiger partial charge in [-0.2, -0.15) is 5.01 Å². The molecule has 1 aliphatic rings. The van der Waals surface area contributed by atoms with Crippen molar-refractivity contribution in [2.45, 2.75) is 6.92 Å². The molecule has 0 saturated heterocycles. The molecule has 27 heavy (non-hydrogen) atoms. The number of nitrogens with zero attached hydrogens (tertiary/aromatic N) is 2. The molecule has 0 radical (unpaired) electrons. The molecule has 3 rings (SSSR count). The van der Waals surface area contributed by atoms with Crippen molar-refractivity contribution < 1.29 is 19.1 Å². The third-order valence-corrected chi connectivity index (χ3v) is 4.01. The first kappa shape index (κ1) is 18.9. The maximum Gasteiger partial charge on any atom is 0.336 e. The summed E-state index contributed by atoms with van der Waals surface area (Å²) < 4.78 is 10.5. The SMILES string of the molecule is CCOC(=O)/C=C1/OC(c2ccc(Cl)cc2)=NN1C(=O)c1ccc(Cl)cc1. The number of ether oxygens (including phenoxy) is 2. The largest absolute Gasteiger partial charge is 0.463 e. The van der Waals surface area contributed by atoms with Crippen LogP contribution < -0.4 is 0 Å². The average Bonchev–Trinajstić information content (AvgIpc) is 3.06. The van der Waals surface area contributed by atoms with Gasteiger partial charge in [-0.05, 0) is 55.5 Å². The molecule has 138 valence electrons. The predicted octanol–water partition coefficient (Wildman–Crippen LogP) is 4.23. The van der Waals surface area contributed by atoms with E-state index in [0.717, 1.165) is 11.1 Å². The van der Waals surface area contributed by atoms with E-state index in [0.29, 0.717) is 21.2 Å². The first-order valence-electron chi connectivity index (χ1n) is 7.99. The van der Waals surface area contributed by atoms with Crippen molar-refractivity contribution in [3.8, 4) is 0 Å². The van der Waals surface area contributed by atoms with E-state index in [1.807, 2.05) is 0 Å². The van der Waals surface area contributed by atoms with Crippen molar-refractivity contribution >= 4 is 41.0 Å². The molecule has 0 saturated carbocycles. The lowest BCUT2D eigenvalue weighted by Crippen LogP contribution is -2.23. The van der Waals surface area contributed by atoms with E-state index < -0.39 is 11.9 Å². The van der Waals surface area contributed by atoms with Crippen LogP contribution in [0.1, 0.15) is 22.8 Å². The fourth-order valence-electron chi connectivity index (χ4n) is 2.25. The van der Waals surface area contributed by atoms with E-state index in [-0.39, 0.29) is 18.4 Å². The number of hydrogen-bond donors (Lipinski definition) is 0. The predicted molar refractivity (Wildman–Crippen MR) is 101 cm³/mol. The van der Waals surface area contributed by atoms with Crippen LogP contribution in [-0.4, -0.2) is 29.4 Å². The van der Waals surface area contributed by atoms with Crippen LogP contribution in [-0.2, 0) is 14.3 Å². The van der Waals surface area contributed by atoms with Crippen molar-refractivity contribution in [1.29, 1.82) is 0 Å². The van der Waals surface area contributed by atoms with Crippen LogP contribution in [0.15, 0.2) is 65.6 Å². The maximum absolute atomic E-state index is 12.8. The molecule has 1 aliphatic heterocycles. The summed E-state index contributed by atoms with van der Waals surface area (Å²) in [5.41, 5.74) is 0.930. The summed E-state index contributed by atoms with van der Waals surface area (Å²) in [6.45, 7) is 1.87. The molecule has 0 unspecified atom stereocenters. The molecule has 8 heteroatoms. The van der Waals surface area contributed by atoms with Gasteiger partial charge in [0.05, 0.1) is 12.7 Å². The molecule has 0 aromatic heterocycles. The second-order valence-corrected chi connectivity index (χ2v) is 6.25. The number of amides is 1. The van der Waals surface area contributed by atoms with Gasteiger partial charge in [-0.15, -0.1) is 5.10 Å². The standard InChI is InChI=1S/C19H14Cl2N2O4/c1-2-26-17(24)11-16-23(19(25)13-5-9-15(21)10-6-13)22-18(27-16)12-3-7-14(20)8-4-12/h3-11H,2H2,1H3/b16-11+. The van der Waals surface area contributed by atoms with Crippen molar-refractivity contribution in [2.75, 3.05) is 6.61 Å². The van der Waals surface area contributed by atoms with Gasteiger partial charge in [0.15, 0.2) is 0 Å². The number of hydrazone groups is 1. The second kappa shape index (κ2) is 8.24. The van der Waals surface area contributed by atoms with Crippen LogP contribution in [0.4, 0.5) is 0 Å². The molecule has 0 aliphatic carbocycles. The van der Waals surface area contributed by atoms with Crippen LogP contribution in [0.25, 0.3) is 0 Å². The first-order chi connectivity index (χ1) is 13.0. The Morgan fingerprint density at radius 2 is 1.67 bits per heavy atom. The lowest BCUT2D eigenvalue weighted by molar-refractivity contribution is -0.137. The van der Waals surface area contributed by atoms with Crippen LogP contribution in [0.5, 0.6) is 0 Å². The number of rotatable bonds is 4. The lowest BCUT2D eigenvalue weighted by Gasteiger charge is -2.12. The van der Waals surface area contributed by atoms with E-state index >= 15 is 0 Å².